The fourth-order valence-electron chi connectivity index (χ4n) is 3.57. The van der Waals surface area contributed by atoms with Crippen molar-refractivity contribution in [1.29, 1.82) is 0 Å². The third-order valence-corrected chi connectivity index (χ3v) is 5.14. The summed E-state index contributed by atoms with van der Waals surface area (Å²) in [5.41, 5.74) is 2.35. The molecular formula is C24H37N2O5+. The van der Waals surface area contributed by atoms with E-state index in [9.17, 15) is 9.90 Å². The molecule has 2 atom stereocenters. The van der Waals surface area contributed by atoms with Crippen molar-refractivity contribution in [1.82, 2.24) is 4.57 Å². The normalized spacial score (nSPS) is 13.0. The van der Waals surface area contributed by atoms with Crippen molar-refractivity contribution in [2.24, 2.45) is 0 Å². The SMILES string of the molecule is CCCC(=O)OC[C@@H](O)C[NH+](CCCOC)Cc1cccn1Cc1cccc(OC)c1. The van der Waals surface area contributed by atoms with Crippen LogP contribution in [0.3, 0.4) is 0 Å². The molecule has 0 aliphatic rings. The zero-order valence-electron chi connectivity index (χ0n) is 19.0. The number of hydrogen-bond acceptors (Lipinski definition) is 5. The van der Waals surface area contributed by atoms with Gasteiger partial charge in [0, 0.05) is 32.7 Å². The van der Waals surface area contributed by atoms with Crippen LogP contribution in [0.1, 0.15) is 37.4 Å². The number of ether oxygens (including phenoxy) is 3. The highest BCUT2D eigenvalue weighted by molar-refractivity contribution is 5.69. The molecule has 0 fully saturated rings. The second-order valence-electron chi connectivity index (χ2n) is 7.79. The zero-order valence-corrected chi connectivity index (χ0v) is 19.0. The summed E-state index contributed by atoms with van der Waals surface area (Å²) in [7, 11) is 3.37. The molecule has 7 nitrogen and oxygen atoms in total. The van der Waals surface area contributed by atoms with Crippen LogP contribution in [0.2, 0.25) is 0 Å². The van der Waals surface area contributed by atoms with Crippen LogP contribution >= 0.6 is 0 Å². The molecule has 0 aliphatic carbocycles. The van der Waals surface area contributed by atoms with E-state index < -0.39 is 6.10 Å². The molecule has 0 aliphatic heterocycles. The van der Waals surface area contributed by atoms with Crippen molar-refractivity contribution in [3.63, 3.8) is 0 Å². The smallest absolute Gasteiger partial charge is 0.305 e. The van der Waals surface area contributed by atoms with Gasteiger partial charge in [0.05, 0.1) is 26.0 Å². The van der Waals surface area contributed by atoms with Crippen molar-refractivity contribution < 1.29 is 29.0 Å². The molecule has 7 heteroatoms. The summed E-state index contributed by atoms with van der Waals surface area (Å²) in [6, 6.07) is 12.2. The Bertz CT molecular complexity index is 777. The molecule has 0 bridgehead atoms. The van der Waals surface area contributed by atoms with E-state index in [1.165, 1.54) is 16.2 Å². The number of carbonyl (C=O) groups is 1. The second-order valence-corrected chi connectivity index (χ2v) is 7.79. The fourth-order valence-corrected chi connectivity index (χ4v) is 3.57. The molecule has 2 N–H and O–H groups in total. The Kier molecular flexibility index (Phi) is 11.1. The molecule has 2 aromatic rings. The van der Waals surface area contributed by atoms with E-state index in [1.807, 2.05) is 31.2 Å². The van der Waals surface area contributed by atoms with Crippen molar-refractivity contribution in [3.05, 3.63) is 53.9 Å². The molecule has 0 amide bonds. The van der Waals surface area contributed by atoms with Gasteiger partial charge in [0.15, 0.2) is 0 Å². The highest BCUT2D eigenvalue weighted by atomic mass is 16.5. The highest BCUT2D eigenvalue weighted by Crippen LogP contribution is 2.14. The Balaban J connectivity index is 2.00. The lowest BCUT2D eigenvalue weighted by Gasteiger charge is -2.23. The summed E-state index contributed by atoms with van der Waals surface area (Å²) in [5, 5.41) is 10.4. The maximum absolute atomic E-state index is 11.6. The van der Waals surface area contributed by atoms with Gasteiger partial charge in [-0.05, 0) is 36.2 Å². The number of aromatic nitrogens is 1. The minimum atomic E-state index is -0.694. The van der Waals surface area contributed by atoms with Crippen molar-refractivity contribution >= 4 is 5.97 Å². The number of quaternary nitrogens is 1. The molecule has 0 saturated heterocycles. The lowest BCUT2D eigenvalue weighted by atomic mass is 10.2. The summed E-state index contributed by atoms with van der Waals surface area (Å²) in [4.78, 5) is 12.8. The van der Waals surface area contributed by atoms with Gasteiger partial charge in [-0.3, -0.25) is 4.79 Å². The monoisotopic (exact) mass is 433 g/mol. The average Bonchev–Trinajstić information content (AvgIpc) is 3.19. The first-order valence-corrected chi connectivity index (χ1v) is 11.0. The van der Waals surface area contributed by atoms with E-state index >= 15 is 0 Å². The number of esters is 1. The Morgan fingerprint density at radius 3 is 2.81 bits per heavy atom. The average molecular weight is 434 g/mol. The molecule has 31 heavy (non-hydrogen) atoms. The molecule has 1 aromatic carbocycles. The lowest BCUT2D eigenvalue weighted by molar-refractivity contribution is -0.917. The molecule has 0 radical (unpaired) electrons. The van der Waals surface area contributed by atoms with Gasteiger partial charge in [-0.1, -0.05) is 19.1 Å². The largest absolute Gasteiger partial charge is 0.497 e. The number of nitrogens with zero attached hydrogens (tertiary/aromatic N) is 1. The third-order valence-electron chi connectivity index (χ3n) is 5.14. The molecule has 2 rings (SSSR count). The molecule has 0 spiro atoms. The molecule has 1 unspecified atom stereocenters. The van der Waals surface area contributed by atoms with Crippen LogP contribution in [-0.4, -0.2) is 62.3 Å². The van der Waals surface area contributed by atoms with Crippen LogP contribution < -0.4 is 9.64 Å². The van der Waals surface area contributed by atoms with Crippen LogP contribution in [0, 0.1) is 0 Å². The number of rotatable bonds is 15. The summed E-state index contributed by atoms with van der Waals surface area (Å²) >= 11 is 0. The van der Waals surface area contributed by atoms with Crippen LogP contribution in [0.4, 0.5) is 0 Å². The van der Waals surface area contributed by atoms with Gasteiger partial charge in [0.25, 0.3) is 0 Å². The molecule has 1 heterocycles. The first-order valence-electron chi connectivity index (χ1n) is 11.0. The van der Waals surface area contributed by atoms with Crippen LogP contribution in [0.5, 0.6) is 5.75 Å². The van der Waals surface area contributed by atoms with E-state index in [0.717, 1.165) is 38.2 Å². The second kappa shape index (κ2) is 13.9. The Labute approximate surface area is 185 Å². The fraction of sp³-hybridized carbons (Fsp3) is 0.542. The number of hydrogen-bond donors (Lipinski definition) is 2. The maximum atomic E-state index is 11.6. The summed E-state index contributed by atoms with van der Waals surface area (Å²) < 4.78 is 17.9. The number of aliphatic hydroxyl groups excluding tert-OH is 1. The van der Waals surface area contributed by atoms with E-state index in [1.54, 1.807) is 14.2 Å². The Morgan fingerprint density at radius 2 is 2.06 bits per heavy atom. The summed E-state index contributed by atoms with van der Waals surface area (Å²) in [5.74, 6) is 0.591. The predicted octanol–water partition coefficient (Wildman–Crippen LogP) is 1.67. The number of benzene rings is 1. The van der Waals surface area contributed by atoms with Gasteiger partial charge >= 0.3 is 5.97 Å². The number of methoxy groups -OCH3 is 2. The quantitative estimate of drug-likeness (QED) is 0.330. The predicted molar refractivity (Wildman–Crippen MR) is 119 cm³/mol. The van der Waals surface area contributed by atoms with E-state index in [2.05, 4.69) is 22.9 Å². The van der Waals surface area contributed by atoms with Gasteiger partial charge in [-0.15, -0.1) is 0 Å². The van der Waals surface area contributed by atoms with Crippen LogP contribution in [0.25, 0.3) is 0 Å². The number of aliphatic hydroxyl groups is 1. The Hall–Kier alpha value is -2.35. The van der Waals surface area contributed by atoms with E-state index in [-0.39, 0.29) is 12.6 Å². The first-order chi connectivity index (χ1) is 15.0. The van der Waals surface area contributed by atoms with Crippen molar-refractivity contribution in [3.8, 4) is 5.75 Å². The molecule has 0 saturated carbocycles. The minimum absolute atomic E-state index is 0.0391. The highest BCUT2D eigenvalue weighted by Gasteiger charge is 2.19. The van der Waals surface area contributed by atoms with E-state index in [4.69, 9.17) is 14.2 Å². The van der Waals surface area contributed by atoms with Gasteiger partial charge in [-0.25, -0.2) is 0 Å². The van der Waals surface area contributed by atoms with Crippen molar-refractivity contribution in [2.45, 2.75) is 45.4 Å². The lowest BCUT2D eigenvalue weighted by Crippen LogP contribution is -3.12. The van der Waals surface area contributed by atoms with Gasteiger partial charge < -0.3 is 28.8 Å². The van der Waals surface area contributed by atoms with Crippen molar-refractivity contribution in [2.75, 3.05) is 40.5 Å². The van der Waals surface area contributed by atoms with Gasteiger partial charge in [-0.2, -0.15) is 0 Å². The maximum Gasteiger partial charge on any atom is 0.305 e. The number of carbonyl (C=O) groups excluding carboxylic acids is 1. The number of nitrogens with one attached hydrogen (secondary N) is 1. The third kappa shape index (κ3) is 9.12. The minimum Gasteiger partial charge on any atom is -0.497 e. The summed E-state index contributed by atoms with van der Waals surface area (Å²) in [6.07, 6.45) is 3.40. The zero-order chi connectivity index (χ0) is 22.5. The molecular weight excluding hydrogens is 396 g/mol. The topological polar surface area (TPSA) is 74.4 Å². The Morgan fingerprint density at radius 1 is 1.23 bits per heavy atom. The van der Waals surface area contributed by atoms with Crippen LogP contribution in [-0.2, 0) is 27.4 Å². The molecule has 1 aromatic heterocycles. The van der Waals surface area contributed by atoms with Crippen LogP contribution in [0.15, 0.2) is 42.6 Å². The molecule has 172 valence electrons. The van der Waals surface area contributed by atoms with Gasteiger partial charge in [0.1, 0.15) is 31.5 Å². The van der Waals surface area contributed by atoms with Gasteiger partial charge in [0.2, 0.25) is 0 Å². The first kappa shape index (κ1) is 24.9. The summed E-state index contributed by atoms with van der Waals surface area (Å²) in [6.45, 7) is 5.53. The standard InChI is InChI=1S/C24H36N2O5/c1-4-8-24(28)31-19-22(27)18-25(12-7-14-29-2)17-21-10-6-13-26(21)16-20-9-5-11-23(15-20)30-3/h5-6,9-11,13,15,22,27H,4,7-8,12,14,16-19H2,1-3H3/p+1/t22-/m0/s1. The van der Waals surface area contributed by atoms with E-state index in [0.29, 0.717) is 19.6 Å².